The fourth-order valence-corrected chi connectivity index (χ4v) is 4.71. The summed E-state index contributed by atoms with van der Waals surface area (Å²) in [5.74, 6) is 7.11. The number of hydrazine groups is 1. The summed E-state index contributed by atoms with van der Waals surface area (Å²) in [4.78, 5) is 19.0. The largest absolute Gasteiger partial charge is 0.497 e. The average Bonchev–Trinajstić information content (AvgIpc) is 2.76. The lowest BCUT2D eigenvalue weighted by Gasteiger charge is -2.51. The molecule has 4 heterocycles. The predicted octanol–water partition coefficient (Wildman–Crippen LogP) is 2.78. The van der Waals surface area contributed by atoms with Crippen LogP contribution in [0.2, 0.25) is 0 Å². The van der Waals surface area contributed by atoms with Gasteiger partial charge in [-0.3, -0.25) is 15.3 Å². The number of piperidine rings is 3. The second-order valence-electron chi connectivity index (χ2n) is 7.50. The molecule has 7 heteroatoms. The fraction of sp³-hybridized carbons (Fsp3) is 0.429. The molecule has 28 heavy (non-hydrogen) atoms. The molecular weight excluding hydrogens is 356 g/mol. The van der Waals surface area contributed by atoms with Crippen LogP contribution in [-0.2, 0) is 4.74 Å². The number of aromatic nitrogens is 1. The summed E-state index contributed by atoms with van der Waals surface area (Å²) >= 11 is 0. The number of benzene rings is 1. The van der Waals surface area contributed by atoms with Crippen molar-refractivity contribution in [1.29, 1.82) is 0 Å². The van der Waals surface area contributed by atoms with E-state index in [1.54, 1.807) is 13.3 Å². The van der Waals surface area contributed by atoms with Gasteiger partial charge in [-0.25, -0.2) is 10.6 Å². The fourth-order valence-electron chi connectivity index (χ4n) is 4.71. The van der Waals surface area contributed by atoms with Gasteiger partial charge in [-0.1, -0.05) is 6.08 Å². The van der Waals surface area contributed by atoms with Crippen LogP contribution in [0.15, 0.2) is 43.1 Å². The number of methoxy groups -OCH3 is 1. The maximum atomic E-state index is 12.1. The molecule has 3 fully saturated rings. The van der Waals surface area contributed by atoms with Crippen molar-refractivity contribution in [1.82, 2.24) is 15.3 Å². The first kappa shape index (κ1) is 18.7. The lowest BCUT2D eigenvalue weighted by atomic mass is 9.73. The van der Waals surface area contributed by atoms with E-state index < -0.39 is 12.2 Å². The maximum Gasteiger partial charge on any atom is 0.422 e. The number of rotatable bonds is 5. The van der Waals surface area contributed by atoms with E-state index in [1.165, 1.54) is 0 Å². The van der Waals surface area contributed by atoms with Gasteiger partial charge in [0.05, 0.1) is 18.7 Å². The predicted molar refractivity (Wildman–Crippen MR) is 107 cm³/mol. The highest BCUT2D eigenvalue weighted by atomic mass is 16.6. The number of carbonyl (C=O) groups is 1. The van der Waals surface area contributed by atoms with Crippen LogP contribution in [0.25, 0.3) is 10.9 Å². The molecule has 4 unspecified atom stereocenters. The van der Waals surface area contributed by atoms with Crippen molar-refractivity contribution in [2.45, 2.75) is 25.0 Å². The molecule has 1 aromatic carbocycles. The molecule has 7 nitrogen and oxygen atoms in total. The number of carbonyl (C=O) groups excluding carboxylic acids is 1. The average molecular weight is 382 g/mol. The minimum atomic E-state index is -0.638. The van der Waals surface area contributed by atoms with Crippen molar-refractivity contribution < 1.29 is 14.3 Å². The summed E-state index contributed by atoms with van der Waals surface area (Å²) in [6, 6.07) is 7.74. The van der Waals surface area contributed by atoms with E-state index in [2.05, 4.69) is 28.0 Å². The molecule has 3 N–H and O–H groups in total. The van der Waals surface area contributed by atoms with Gasteiger partial charge < -0.3 is 9.47 Å². The first-order valence-corrected chi connectivity index (χ1v) is 9.61. The van der Waals surface area contributed by atoms with Gasteiger partial charge in [0.1, 0.15) is 11.9 Å². The van der Waals surface area contributed by atoms with E-state index in [-0.39, 0.29) is 6.04 Å². The lowest BCUT2D eigenvalue weighted by molar-refractivity contribution is -0.0498. The Morgan fingerprint density at radius 3 is 3.00 bits per heavy atom. The molecule has 0 radical (unpaired) electrons. The maximum absolute atomic E-state index is 12.1. The third kappa shape index (κ3) is 3.31. The normalized spacial score (nSPS) is 27.2. The molecule has 3 saturated heterocycles. The zero-order chi connectivity index (χ0) is 19.7. The van der Waals surface area contributed by atoms with Crippen molar-refractivity contribution in [3.8, 4) is 5.75 Å². The highest BCUT2D eigenvalue weighted by Gasteiger charge is 2.44. The number of nitrogens with zero attached hydrogens (tertiary/aromatic N) is 2. The van der Waals surface area contributed by atoms with Crippen LogP contribution < -0.4 is 16.0 Å². The molecule has 148 valence electrons. The Morgan fingerprint density at radius 1 is 1.46 bits per heavy atom. The summed E-state index contributed by atoms with van der Waals surface area (Å²) in [5.41, 5.74) is 3.85. The van der Waals surface area contributed by atoms with Gasteiger partial charge in [-0.05, 0) is 55.5 Å². The third-order valence-corrected chi connectivity index (χ3v) is 6.14. The number of nitrogens with two attached hydrogens (primary N) is 1. The Balaban J connectivity index is 1.76. The molecule has 5 rings (SSSR count). The Hall–Kier alpha value is -2.64. The van der Waals surface area contributed by atoms with Gasteiger partial charge in [-0.15, -0.1) is 6.58 Å². The highest BCUT2D eigenvalue weighted by molar-refractivity contribution is 5.84. The Morgan fingerprint density at radius 2 is 2.32 bits per heavy atom. The molecule has 3 aliphatic rings. The van der Waals surface area contributed by atoms with E-state index in [1.807, 2.05) is 24.3 Å². The second kappa shape index (κ2) is 7.77. The van der Waals surface area contributed by atoms with Crippen LogP contribution in [0, 0.1) is 11.8 Å². The SMILES string of the molecule is C=CC1CN2CCC1CC2[C@H](OC(=O)NN)c1ccnc2ccc(OC)cc12. The topological polar surface area (TPSA) is 89.7 Å². The van der Waals surface area contributed by atoms with Crippen molar-refractivity contribution in [2.24, 2.45) is 17.7 Å². The number of nitrogens with one attached hydrogen (secondary N) is 1. The van der Waals surface area contributed by atoms with Crippen molar-refractivity contribution in [3.05, 3.63) is 48.7 Å². The van der Waals surface area contributed by atoms with Gasteiger partial charge in [0.25, 0.3) is 0 Å². The van der Waals surface area contributed by atoms with E-state index in [0.29, 0.717) is 11.8 Å². The third-order valence-electron chi connectivity index (χ3n) is 6.14. The zero-order valence-electron chi connectivity index (χ0n) is 16.0. The van der Waals surface area contributed by atoms with Gasteiger partial charge in [-0.2, -0.15) is 0 Å². The van der Waals surface area contributed by atoms with Crippen molar-refractivity contribution in [2.75, 3.05) is 20.2 Å². The zero-order valence-corrected chi connectivity index (χ0v) is 16.0. The molecule has 2 aromatic rings. The van der Waals surface area contributed by atoms with Gasteiger partial charge in [0.15, 0.2) is 0 Å². The summed E-state index contributed by atoms with van der Waals surface area (Å²) < 4.78 is 11.2. The van der Waals surface area contributed by atoms with Crippen LogP contribution in [0.4, 0.5) is 4.79 Å². The Bertz CT molecular complexity index is 887. The Labute approximate surface area is 164 Å². The number of amides is 1. The van der Waals surface area contributed by atoms with Crippen molar-refractivity contribution >= 4 is 17.0 Å². The van der Waals surface area contributed by atoms with Gasteiger partial charge in [0, 0.05) is 23.7 Å². The molecule has 0 saturated carbocycles. The van der Waals surface area contributed by atoms with Crippen LogP contribution in [0.3, 0.4) is 0 Å². The molecular formula is C21H26N4O3. The summed E-state index contributed by atoms with van der Waals surface area (Å²) in [5, 5.41) is 0.916. The molecule has 3 aliphatic heterocycles. The van der Waals surface area contributed by atoms with Crippen molar-refractivity contribution in [3.63, 3.8) is 0 Å². The molecule has 2 bridgehead atoms. The molecule has 0 spiro atoms. The summed E-state index contributed by atoms with van der Waals surface area (Å²) in [7, 11) is 1.63. The standard InChI is InChI=1S/C21H26N4O3/c1-3-13-12-25-9-7-14(13)10-19(25)20(28-21(26)24-22)16-6-8-23-18-5-4-15(27-2)11-17(16)18/h3-6,8,11,13-14,19-20H,1,7,9-10,12,22H2,2H3,(H,24,26)/t13?,14?,19?,20-/m1/s1. The molecule has 1 aromatic heterocycles. The van der Waals surface area contributed by atoms with E-state index in [4.69, 9.17) is 15.3 Å². The Kier molecular flexibility index (Phi) is 5.19. The van der Waals surface area contributed by atoms with E-state index in [9.17, 15) is 4.79 Å². The summed E-state index contributed by atoms with van der Waals surface area (Å²) in [6.07, 6.45) is 4.82. The quantitative estimate of drug-likeness (QED) is 0.358. The minimum Gasteiger partial charge on any atom is -0.497 e. The number of hydrogen-bond donors (Lipinski definition) is 2. The van der Waals surface area contributed by atoms with E-state index >= 15 is 0 Å². The highest BCUT2D eigenvalue weighted by Crippen LogP contribution is 2.43. The number of hydrogen-bond acceptors (Lipinski definition) is 6. The molecule has 0 aliphatic carbocycles. The smallest absolute Gasteiger partial charge is 0.422 e. The van der Waals surface area contributed by atoms with Crippen LogP contribution >= 0.6 is 0 Å². The monoisotopic (exact) mass is 382 g/mol. The second-order valence-corrected chi connectivity index (χ2v) is 7.50. The van der Waals surface area contributed by atoms with Crippen LogP contribution in [-0.4, -0.2) is 42.2 Å². The number of fused-ring (bicyclic) bond motifs is 4. The van der Waals surface area contributed by atoms with Gasteiger partial charge >= 0.3 is 6.09 Å². The number of ether oxygens (including phenoxy) is 2. The van der Waals surface area contributed by atoms with Crippen LogP contribution in [0.1, 0.15) is 24.5 Å². The summed E-state index contributed by atoms with van der Waals surface area (Å²) in [6.45, 7) is 5.93. The van der Waals surface area contributed by atoms with E-state index in [0.717, 1.165) is 48.1 Å². The van der Waals surface area contributed by atoms with Gasteiger partial charge in [0.2, 0.25) is 0 Å². The number of pyridine rings is 1. The lowest BCUT2D eigenvalue weighted by Crippen LogP contribution is -2.55. The van der Waals surface area contributed by atoms with Crippen LogP contribution in [0.5, 0.6) is 5.75 Å². The molecule has 1 amide bonds. The minimum absolute atomic E-state index is 0.0871. The molecule has 5 atom stereocenters. The first-order valence-electron chi connectivity index (χ1n) is 9.61. The first-order chi connectivity index (χ1) is 13.6.